The second-order valence-corrected chi connectivity index (χ2v) is 4.40. The molecule has 0 spiro atoms. The number of azide groups is 1. The molecular weight excluding hydrogens is 214 g/mol. The van der Waals surface area contributed by atoms with Crippen molar-refractivity contribution in [3.63, 3.8) is 0 Å². The molecule has 2 atom stereocenters. The molecule has 1 heterocycles. The van der Waals surface area contributed by atoms with Crippen LogP contribution in [0.3, 0.4) is 0 Å². The summed E-state index contributed by atoms with van der Waals surface area (Å²) in [7, 11) is 0. The predicted molar refractivity (Wildman–Crippen MR) is 66.7 cm³/mol. The van der Waals surface area contributed by atoms with E-state index in [0.29, 0.717) is 6.61 Å². The summed E-state index contributed by atoms with van der Waals surface area (Å²) in [4.78, 5) is 2.88. The summed E-state index contributed by atoms with van der Waals surface area (Å²) in [6, 6.07) is 10.5. The van der Waals surface area contributed by atoms with E-state index in [2.05, 4.69) is 34.3 Å². The van der Waals surface area contributed by atoms with E-state index in [0.717, 1.165) is 25.7 Å². The first-order valence-electron chi connectivity index (χ1n) is 6.08. The molecule has 0 saturated carbocycles. The van der Waals surface area contributed by atoms with E-state index in [1.54, 1.807) is 0 Å². The van der Waals surface area contributed by atoms with Crippen LogP contribution in [0.4, 0.5) is 0 Å². The van der Waals surface area contributed by atoms with Crippen molar-refractivity contribution in [3.8, 4) is 0 Å². The summed E-state index contributed by atoms with van der Waals surface area (Å²) in [5.74, 6) is 0. The Morgan fingerprint density at radius 2 is 2.18 bits per heavy atom. The van der Waals surface area contributed by atoms with E-state index >= 15 is 0 Å². The van der Waals surface area contributed by atoms with Crippen LogP contribution in [-0.2, 0) is 11.2 Å². The number of nitrogens with zero attached hydrogens (tertiary/aromatic N) is 3. The minimum atomic E-state index is 0.120. The van der Waals surface area contributed by atoms with Crippen LogP contribution in [0.2, 0.25) is 0 Å². The summed E-state index contributed by atoms with van der Waals surface area (Å²) >= 11 is 0. The van der Waals surface area contributed by atoms with Gasteiger partial charge in [0.1, 0.15) is 0 Å². The highest BCUT2D eigenvalue weighted by atomic mass is 16.5. The van der Waals surface area contributed by atoms with E-state index in [4.69, 9.17) is 10.3 Å². The average Bonchev–Trinajstić information content (AvgIpc) is 2.39. The van der Waals surface area contributed by atoms with Crippen LogP contribution >= 0.6 is 0 Å². The first kappa shape index (κ1) is 12.0. The molecule has 1 aromatic carbocycles. The smallest absolute Gasteiger partial charge is 0.0582 e. The Labute approximate surface area is 101 Å². The Hall–Kier alpha value is -1.51. The highest BCUT2D eigenvalue weighted by Crippen LogP contribution is 2.20. The number of ether oxygens (including phenoxy) is 1. The molecule has 0 unspecified atom stereocenters. The maximum atomic E-state index is 8.43. The van der Waals surface area contributed by atoms with E-state index in [9.17, 15) is 0 Å². The molecular formula is C13H17N3O. The normalized spacial score (nSPS) is 24.0. The summed E-state index contributed by atoms with van der Waals surface area (Å²) in [5.41, 5.74) is 9.77. The zero-order chi connectivity index (χ0) is 11.9. The van der Waals surface area contributed by atoms with Crippen molar-refractivity contribution >= 4 is 0 Å². The van der Waals surface area contributed by atoms with Gasteiger partial charge >= 0.3 is 0 Å². The van der Waals surface area contributed by atoms with Crippen LogP contribution in [0, 0.1) is 0 Å². The fourth-order valence-corrected chi connectivity index (χ4v) is 2.21. The van der Waals surface area contributed by atoms with Crippen molar-refractivity contribution in [1.29, 1.82) is 0 Å². The molecule has 1 saturated heterocycles. The van der Waals surface area contributed by atoms with Crippen LogP contribution in [-0.4, -0.2) is 18.8 Å². The molecule has 4 heteroatoms. The van der Waals surface area contributed by atoms with Gasteiger partial charge in [-0.25, -0.2) is 0 Å². The monoisotopic (exact) mass is 231 g/mol. The van der Waals surface area contributed by atoms with Crippen LogP contribution in [0.25, 0.3) is 10.4 Å². The fourth-order valence-electron chi connectivity index (χ4n) is 2.21. The molecule has 90 valence electrons. The van der Waals surface area contributed by atoms with Crippen LogP contribution in [0.5, 0.6) is 0 Å². The van der Waals surface area contributed by atoms with Crippen molar-refractivity contribution in [2.45, 2.75) is 37.8 Å². The predicted octanol–water partition coefficient (Wildman–Crippen LogP) is 3.48. The second-order valence-electron chi connectivity index (χ2n) is 4.40. The van der Waals surface area contributed by atoms with Gasteiger partial charge in [-0.1, -0.05) is 35.4 Å². The van der Waals surface area contributed by atoms with Crippen LogP contribution < -0.4 is 0 Å². The van der Waals surface area contributed by atoms with Gasteiger partial charge in [-0.15, -0.1) is 0 Å². The highest BCUT2D eigenvalue weighted by molar-refractivity contribution is 5.14. The van der Waals surface area contributed by atoms with Gasteiger partial charge in [0.2, 0.25) is 0 Å². The summed E-state index contributed by atoms with van der Waals surface area (Å²) < 4.78 is 5.69. The quantitative estimate of drug-likeness (QED) is 0.444. The summed E-state index contributed by atoms with van der Waals surface area (Å²) in [6.07, 6.45) is 3.97. The van der Waals surface area contributed by atoms with E-state index in [1.165, 1.54) is 5.56 Å². The minimum absolute atomic E-state index is 0.120. The van der Waals surface area contributed by atoms with Gasteiger partial charge in [0.15, 0.2) is 0 Å². The number of hydrogen-bond donors (Lipinski definition) is 0. The molecule has 1 fully saturated rings. The maximum Gasteiger partial charge on any atom is 0.0582 e. The lowest BCUT2D eigenvalue weighted by Crippen LogP contribution is -2.28. The zero-order valence-corrected chi connectivity index (χ0v) is 9.83. The van der Waals surface area contributed by atoms with Crippen LogP contribution in [0.1, 0.15) is 24.8 Å². The van der Waals surface area contributed by atoms with Crippen molar-refractivity contribution in [2.24, 2.45) is 5.11 Å². The molecule has 0 radical (unpaired) electrons. The molecule has 0 amide bonds. The zero-order valence-electron chi connectivity index (χ0n) is 9.83. The number of aryl methyl sites for hydroxylation is 1. The van der Waals surface area contributed by atoms with Crippen molar-refractivity contribution in [3.05, 3.63) is 46.3 Å². The van der Waals surface area contributed by atoms with E-state index in [-0.39, 0.29) is 12.1 Å². The Kier molecular flexibility index (Phi) is 4.42. The Morgan fingerprint density at radius 3 is 2.94 bits per heavy atom. The Bertz CT molecular complexity index is 387. The highest BCUT2D eigenvalue weighted by Gasteiger charge is 2.21. The average molecular weight is 231 g/mol. The summed E-state index contributed by atoms with van der Waals surface area (Å²) in [5, 5.41) is 3.79. The van der Waals surface area contributed by atoms with Crippen molar-refractivity contribution in [1.82, 2.24) is 0 Å². The van der Waals surface area contributed by atoms with Crippen molar-refractivity contribution < 1.29 is 4.74 Å². The molecule has 1 aliphatic rings. The van der Waals surface area contributed by atoms with Gasteiger partial charge in [0.05, 0.1) is 6.10 Å². The second kappa shape index (κ2) is 6.28. The van der Waals surface area contributed by atoms with Gasteiger partial charge in [0, 0.05) is 17.6 Å². The van der Waals surface area contributed by atoms with Gasteiger partial charge in [-0.3, -0.25) is 0 Å². The van der Waals surface area contributed by atoms with E-state index in [1.807, 2.05) is 6.07 Å². The molecule has 0 aromatic heterocycles. The van der Waals surface area contributed by atoms with Crippen LogP contribution in [0.15, 0.2) is 35.4 Å². The maximum absolute atomic E-state index is 8.43. The molecule has 1 aromatic rings. The molecule has 0 aliphatic carbocycles. The summed E-state index contributed by atoms with van der Waals surface area (Å²) in [6.45, 7) is 0.711. The van der Waals surface area contributed by atoms with Gasteiger partial charge in [-0.2, -0.15) is 0 Å². The lowest BCUT2D eigenvalue weighted by molar-refractivity contribution is 0.00363. The Balaban J connectivity index is 1.81. The van der Waals surface area contributed by atoms with Crippen molar-refractivity contribution in [2.75, 3.05) is 6.61 Å². The SMILES string of the molecule is [N-]=[N+]=N[C@H]1CCO[C@@H](CCc2ccccc2)C1. The fraction of sp³-hybridized carbons (Fsp3) is 0.538. The van der Waals surface area contributed by atoms with Gasteiger partial charge in [0.25, 0.3) is 0 Å². The first-order chi connectivity index (χ1) is 8.38. The molecule has 2 rings (SSSR count). The Morgan fingerprint density at radius 1 is 1.35 bits per heavy atom. The van der Waals surface area contributed by atoms with Gasteiger partial charge in [-0.05, 0) is 36.8 Å². The number of hydrogen-bond acceptors (Lipinski definition) is 2. The third-order valence-corrected chi connectivity index (χ3v) is 3.15. The lowest BCUT2D eigenvalue weighted by atomic mass is 9.98. The molecule has 4 nitrogen and oxygen atoms in total. The molecule has 1 aliphatic heterocycles. The van der Waals surface area contributed by atoms with Gasteiger partial charge < -0.3 is 4.74 Å². The lowest BCUT2D eigenvalue weighted by Gasteiger charge is -2.26. The van der Waals surface area contributed by atoms with E-state index < -0.39 is 0 Å². The topological polar surface area (TPSA) is 58.0 Å². The first-order valence-corrected chi connectivity index (χ1v) is 6.08. The largest absolute Gasteiger partial charge is 0.378 e. The number of rotatable bonds is 4. The standard InChI is InChI=1S/C13H17N3O/c14-16-15-12-8-9-17-13(10-12)7-6-11-4-2-1-3-5-11/h1-5,12-13H,6-10H2/t12-,13-/m0/s1. The molecule has 0 N–H and O–H groups in total. The molecule has 0 bridgehead atoms. The molecule has 17 heavy (non-hydrogen) atoms. The minimum Gasteiger partial charge on any atom is -0.378 e. The number of benzene rings is 1. The third-order valence-electron chi connectivity index (χ3n) is 3.15. The third kappa shape index (κ3) is 3.77.